The van der Waals surface area contributed by atoms with Crippen LogP contribution >= 0.6 is 0 Å². The molecule has 0 aliphatic carbocycles. The lowest BCUT2D eigenvalue weighted by Gasteiger charge is -2.04. The molecular weight excluding hydrogens is 326 g/mol. The molecule has 1 aromatic heterocycles. The molecule has 3 aromatic carbocycles. The smallest absolute Gasteiger partial charge is 0.248 e. The molecule has 0 radical (unpaired) electrons. The van der Waals surface area contributed by atoms with Crippen molar-refractivity contribution in [2.24, 2.45) is 0 Å². The van der Waals surface area contributed by atoms with E-state index < -0.39 is 0 Å². The summed E-state index contributed by atoms with van der Waals surface area (Å²) in [6.45, 7) is 0. The summed E-state index contributed by atoms with van der Waals surface area (Å²) >= 11 is 0. The maximum absolute atomic E-state index is 12.4. The molecule has 0 saturated carbocycles. The summed E-state index contributed by atoms with van der Waals surface area (Å²) in [6, 6.07) is 20.6. The Morgan fingerprint density at radius 3 is 2.58 bits per heavy atom. The van der Waals surface area contributed by atoms with Gasteiger partial charge in [-0.1, -0.05) is 42.5 Å². The third-order valence-corrected chi connectivity index (χ3v) is 4.14. The summed E-state index contributed by atoms with van der Waals surface area (Å²) in [5.74, 6) is -0.312. The van der Waals surface area contributed by atoms with Gasteiger partial charge in [0.1, 0.15) is 11.8 Å². The second-order valence-corrected chi connectivity index (χ2v) is 5.90. The van der Waals surface area contributed by atoms with Gasteiger partial charge in [0, 0.05) is 11.8 Å². The van der Waals surface area contributed by atoms with E-state index in [2.05, 4.69) is 5.32 Å². The van der Waals surface area contributed by atoms with Gasteiger partial charge in [-0.3, -0.25) is 9.59 Å². The predicted octanol–water partition coefficient (Wildman–Crippen LogP) is 4.60. The van der Waals surface area contributed by atoms with Gasteiger partial charge >= 0.3 is 0 Å². The molecule has 4 rings (SSSR count). The molecule has 0 fully saturated rings. The molecule has 4 heteroatoms. The van der Waals surface area contributed by atoms with Gasteiger partial charge in [0.15, 0.2) is 5.43 Å². The van der Waals surface area contributed by atoms with Crippen LogP contribution in [0.3, 0.4) is 0 Å². The van der Waals surface area contributed by atoms with Gasteiger partial charge in [-0.15, -0.1) is 0 Å². The molecule has 1 heterocycles. The summed E-state index contributed by atoms with van der Waals surface area (Å²) in [4.78, 5) is 24.6. The van der Waals surface area contributed by atoms with Crippen molar-refractivity contribution in [1.29, 1.82) is 0 Å². The molecule has 0 saturated heterocycles. The van der Waals surface area contributed by atoms with Crippen molar-refractivity contribution in [3.05, 3.63) is 94.9 Å². The van der Waals surface area contributed by atoms with E-state index in [1.54, 1.807) is 24.3 Å². The summed E-state index contributed by atoms with van der Waals surface area (Å²) in [5.41, 5.74) is 1.39. The lowest BCUT2D eigenvalue weighted by Crippen LogP contribution is -2.09. The van der Waals surface area contributed by atoms with Gasteiger partial charge < -0.3 is 9.73 Å². The molecule has 1 N–H and O–H groups in total. The number of carbonyl (C=O) groups is 1. The average molecular weight is 341 g/mol. The molecule has 0 spiro atoms. The van der Waals surface area contributed by atoms with Crippen LogP contribution in [0, 0.1) is 0 Å². The van der Waals surface area contributed by atoms with Crippen molar-refractivity contribution < 1.29 is 9.21 Å². The van der Waals surface area contributed by atoms with Crippen molar-refractivity contribution in [1.82, 2.24) is 0 Å². The topological polar surface area (TPSA) is 59.3 Å². The second kappa shape index (κ2) is 6.69. The molecule has 126 valence electrons. The highest BCUT2D eigenvalue weighted by atomic mass is 16.3. The Hall–Kier alpha value is -3.66. The number of anilines is 1. The summed E-state index contributed by atoms with van der Waals surface area (Å²) < 4.78 is 5.44. The first-order valence-corrected chi connectivity index (χ1v) is 8.19. The van der Waals surface area contributed by atoms with Crippen LogP contribution < -0.4 is 10.7 Å². The quantitative estimate of drug-likeness (QED) is 0.554. The summed E-state index contributed by atoms with van der Waals surface area (Å²) in [5, 5.41) is 5.45. The third kappa shape index (κ3) is 3.13. The number of benzene rings is 3. The van der Waals surface area contributed by atoms with Crippen molar-refractivity contribution in [2.75, 3.05) is 5.32 Å². The highest BCUT2D eigenvalue weighted by Gasteiger charge is 2.05. The van der Waals surface area contributed by atoms with E-state index in [1.807, 2.05) is 42.5 Å². The number of hydrogen-bond donors (Lipinski definition) is 1. The molecule has 4 aromatic rings. The number of carbonyl (C=O) groups excluding carboxylic acids is 1. The number of para-hydroxylation sites is 1. The minimum absolute atomic E-state index is 0.165. The number of rotatable bonds is 3. The van der Waals surface area contributed by atoms with Crippen LogP contribution in [0.15, 0.2) is 88.3 Å². The first kappa shape index (κ1) is 15.8. The Kier molecular flexibility index (Phi) is 4.07. The van der Waals surface area contributed by atoms with Gasteiger partial charge in [0.25, 0.3) is 0 Å². The van der Waals surface area contributed by atoms with Gasteiger partial charge in [-0.2, -0.15) is 0 Å². The summed E-state index contributed by atoms with van der Waals surface area (Å²) in [6.07, 6.45) is 4.16. The predicted molar refractivity (Wildman–Crippen MR) is 104 cm³/mol. The van der Waals surface area contributed by atoms with Gasteiger partial charge in [0.05, 0.1) is 10.9 Å². The number of hydrogen-bond acceptors (Lipinski definition) is 3. The summed E-state index contributed by atoms with van der Waals surface area (Å²) in [7, 11) is 0. The highest BCUT2D eigenvalue weighted by molar-refractivity contribution is 6.03. The largest absolute Gasteiger partial charge is 0.463 e. The SMILES string of the molecule is O=C(/C=C/c1coc2ccccc2c1=O)Nc1ccc2ccccc2c1. The van der Waals surface area contributed by atoms with Crippen molar-refractivity contribution in [3.63, 3.8) is 0 Å². The average Bonchev–Trinajstić information content (AvgIpc) is 2.67. The number of fused-ring (bicyclic) bond motifs is 2. The Balaban J connectivity index is 1.55. The second-order valence-electron chi connectivity index (χ2n) is 5.90. The lowest BCUT2D eigenvalue weighted by atomic mass is 10.1. The van der Waals surface area contributed by atoms with Crippen molar-refractivity contribution in [2.45, 2.75) is 0 Å². The van der Waals surface area contributed by atoms with E-state index in [9.17, 15) is 9.59 Å². The van der Waals surface area contributed by atoms with Crippen LogP contribution in [0.5, 0.6) is 0 Å². The van der Waals surface area contributed by atoms with E-state index >= 15 is 0 Å². The van der Waals surface area contributed by atoms with Crippen LogP contribution in [-0.4, -0.2) is 5.91 Å². The zero-order chi connectivity index (χ0) is 17.9. The normalized spacial score (nSPS) is 11.2. The molecule has 26 heavy (non-hydrogen) atoms. The lowest BCUT2D eigenvalue weighted by molar-refractivity contribution is -0.111. The fourth-order valence-electron chi connectivity index (χ4n) is 2.82. The van der Waals surface area contributed by atoms with E-state index in [0.29, 0.717) is 22.2 Å². The highest BCUT2D eigenvalue weighted by Crippen LogP contribution is 2.19. The third-order valence-electron chi connectivity index (χ3n) is 4.14. The molecule has 0 bridgehead atoms. The Bertz CT molecular complexity index is 1200. The van der Waals surface area contributed by atoms with E-state index in [1.165, 1.54) is 18.4 Å². The first-order valence-electron chi connectivity index (χ1n) is 8.19. The van der Waals surface area contributed by atoms with Crippen LogP contribution in [0.25, 0.3) is 27.8 Å². The maximum atomic E-state index is 12.4. The molecule has 4 nitrogen and oxygen atoms in total. The molecule has 0 atom stereocenters. The maximum Gasteiger partial charge on any atom is 0.248 e. The number of nitrogens with one attached hydrogen (secondary N) is 1. The van der Waals surface area contributed by atoms with Crippen LogP contribution in [0.2, 0.25) is 0 Å². The van der Waals surface area contributed by atoms with E-state index in [-0.39, 0.29) is 11.3 Å². The molecule has 1 amide bonds. The zero-order valence-electron chi connectivity index (χ0n) is 13.8. The van der Waals surface area contributed by atoms with Crippen LogP contribution in [-0.2, 0) is 4.79 Å². The van der Waals surface area contributed by atoms with Gasteiger partial charge in [-0.25, -0.2) is 0 Å². The standard InChI is InChI=1S/C22H15NO3/c24-21(23-18-11-9-15-5-1-2-6-16(15)13-18)12-10-17-14-26-20-8-4-3-7-19(20)22(17)25/h1-14H,(H,23,24)/b12-10+. The Morgan fingerprint density at radius 1 is 0.923 bits per heavy atom. The molecule has 0 aliphatic rings. The van der Waals surface area contributed by atoms with Crippen molar-refractivity contribution >= 4 is 39.4 Å². The first-order chi connectivity index (χ1) is 12.7. The van der Waals surface area contributed by atoms with Crippen LogP contribution in [0.4, 0.5) is 5.69 Å². The molecule has 0 unspecified atom stereocenters. The van der Waals surface area contributed by atoms with E-state index in [4.69, 9.17) is 4.42 Å². The fraction of sp³-hybridized carbons (Fsp3) is 0. The minimum atomic E-state index is -0.312. The fourth-order valence-corrected chi connectivity index (χ4v) is 2.82. The molecule has 0 aliphatic heterocycles. The minimum Gasteiger partial charge on any atom is -0.463 e. The number of amides is 1. The Morgan fingerprint density at radius 2 is 1.69 bits per heavy atom. The zero-order valence-corrected chi connectivity index (χ0v) is 13.8. The molecular formula is C22H15NO3. The van der Waals surface area contributed by atoms with E-state index in [0.717, 1.165) is 10.8 Å². The van der Waals surface area contributed by atoms with Gasteiger partial charge in [-0.05, 0) is 41.1 Å². The van der Waals surface area contributed by atoms with Gasteiger partial charge in [0.2, 0.25) is 5.91 Å². The van der Waals surface area contributed by atoms with Crippen molar-refractivity contribution in [3.8, 4) is 0 Å². The van der Waals surface area contributed by atoms with Crippen LogP contribution in [0.1, 0.15) is 5.56 Å². The Labute approximate surface area is 149 Å². The monoisotopic (exact) mass is 341 g/mol.